The number of thiophene rings is 1. The number of aryl methyl sites for hydroxylation is 1. The van der Waals surface area contributed by atoms with Crippen molar-refractivity contribution >= 4 is 27.3 Å². The molecule has 2 heterocycles. The zero-order valence-electron chi connectivity index (χ0n) is 10.6. The number of rotatable bonds is 6. The molecular weight excluding hydrogens is 312 g/mol. The molecule has 1 atom stereocenters. The molecule has 0 bridgehead atoms. The summed E-state index contributed by atoms with van der Waals surface area (Å²) in [7, 11) is 1.93. The van der Waals surface area contributed by atoms with Crippen LogP contribution in [0.5, 0.6) is 0 Å². The van der Waals surface area contributed by atoms with Crippen molar-refractivity contribution in [1.29, 1.82) is 0 Å². The van der Waals surface area contributed by atoms with Gasteiger partial charge in [-0.05, 0) is 35.0 Å². The van der Waals surface area contributed by atoms with Crippen LogP contribution in [0.15, 0.2) is 22.2 Å². The minimum atomic E-state index is 0.309. The molecule has 0 saturated heterocycles. The second-order valence-corrected chi connectivity index (χ2v) is 6.04. The van der Waals surface area contributed by atoms with Crippen LogP contribution in [0.2, 0.25) is 0 Å². The van der Waals surface area contributed by atoms with Crippen molar-refractivity contribution in [1.82, 2.24) is 20.1 Å². The van der Waals surface area contributed by atoms with Crippen LogP contribution in [0.1, 0.15) is 30.1 Å². The molecule has 98 valence electrons. The van der Waals surface area contributed by atoms with Gasteiger partial charge in [0.05, 0.1) is 0 Å². The fourth-order valence-corrected chi connectivity index (χ4v) is 3.31. The molecule has 0 fully saturated rings. The van der Waals surface area contributed by atoms with E-state index in [1.165, 1.54) is 4.88 Å². The van der Waals surface area contributed by atoms with E-state index in [0.29, 0.717) is 6.04 Å². The molecule has 6 heteroatoms. The fourth-order valence-electron chi connectivity index (χ4n) is 1.79. The standard InChI is InChI=1S/C12H17BrN4S/c1-3-4-14-10(11-5-9(13)7-18-11)6-12-15-8-16-17(12)2/h5,7-8,10,14H,3-4,6H2,1-2H3. The van der Waals surface area contributed by atoms with Crippen molar-refractivity contribution in [2.75, 3.05) is 6.54 Å². The number of nitrogens with zero attached hydrogens (tertiary/aromatic N) is 3. The Kier molecular flexibility index (Phi) is 4.91. The van der Waals surface area contributed by atoms with E-state index in [9.17, 15) is 0 Å². The third kappa shape index (κ3) is 3.40. The van der Waals surface area contributed by atoms with Crippen LogP contribution in [0, 0.1) is 0 Å². The van der Waals surface area contributed by atoms with E-state index < -0.39 is 0 Å². The lowest BCUT2D eigenvalue weighted by Crippen LogP contribution is -2.24. The van der Waals surface area contributed by atoms with Gasteiger partial charge in [0.15, 0.2) is 0 Å². The quantitative estimate of drug-likeness (QED) is 0.886. The average Bonchev–Trinajstić information content (AvgIpc) is 2.94. The first kappa shape index (κ1) is 13.7. The monoisotopic (exact) mass is 328 g/mol. The maximum absolute atomic E-state index is 4.30. The van der Waals surface area contributed by atoms with Crippen molar-refractivity contribution in [2.45, 2.75) is 25.8 Å². The van der Waals surface area contributed by atoms with Gasteiger partial charge in [-0.15, -0.1) is 11.3 Å². The molecule has 0 aromatic carbocycles. The SMILES string of the molecule is CCCNC(Cc1ncnn1C)c1cc(Br)cs1. The third-order valence-electron chi connectivity index (χ3n) is 2.76. The van der Waals surface area contributed by atoms with Gasteiger partial charge >= 0.3 is 0 Å². The molecule has 4 nitrogen and oxygen atoms in total. The summed E-state index contributed by atoms with van der Waals surface area (Å²) < 4.78 is 2.98. The van der Waals surface area contributed by atoms with E-state index in [1.807, 2.05) is 11.7 Å². The molecule has 0 radical (unpaired) electrons. The van der Waals surface area contributed by atoms with Crippen LogP contribution in [-0.2, 0) is 13.5 Å². The van der Waals surface area contributed by atoms with E-state index >= 15 is 0 Å². The van der Waals surface area contributed by atoms with E-state index in [2.05, 4.69) is 49.7 Å². The number of halogens is 1. The molecule has 0 aliphatic heterocycles. The molecule has 1 unspecified atom stereocenters. The van der Waals surface area contributed by atoms with Gasteiger partial charge in [-0.25, -0.2) is 4.98 Å². The molecule has 0 aliphatic carbocycles. The third-order valence-corrected chi connectivity index (χ3v) is 4.57. The van der Waals surface area contributed by atoms with Crippen LogP contribution in [0.4, 0.5) is 0 Å². The summed E-state index contributed by atoms with van der Waals surface area (Å²) in [6, 6.07) is 2.48. The van der Waals surface area contributed by atoms with E-state index in [0.717, 1.165) is 29.7 Å². The number of hydrogen-bond donors (Lipinski definition) is 1. The molecule has 1 N–H and O–H groups in total. The maximum atomic E-state index is 4.30. The Balaban J connectivity index is 2.12. The molecule has 0 spiro atoms. The molecular formula is C12H17BrN4S. The van der Waals surface area contributed by atoms with Gasteiger partial charge in [-0.1, -0.05) is 6.92 Å². The Morgan fingerprint density at radius 2 is 2.39 bits per heavy atom. The lowest BCUT2D eigenvalue weighted by Gasteiger charge is -2.16. The summed E-state index contributed by atoms with van der Waals surface area (Å²) in [5.74, 6) is 1.01. The van der Waals surface area contributed by atoms with Crippen LogP contribution in [0.3, 0.4) is 0 Å². The predicted molar refractivity (Wildman–Crippen MR) is 77.8 cm³/mol. The second-order valence-electron chi connectivity index (χ2n) is 4.18. The van der Waals surface area contributed by atoms with Crippen LogP contribution < -0.4 is 5.32 Å². The van der Waals surface area contributed by atoms with Gasteiger partial charge in [0.25, 0.3) is 0 Å². The molecule has 0 amide bonds. The van der Waals surface area contributed by atoms with Gasteiger partial charge in [-0.3, -0.25) is 4.68 Å². The summed E-state index contributed by atoms with van der Waals surface area (Å²) in [6.45, 7) is 3.19. The molecule has 0 aliphatic rings. The predicted octanol–water partition coefficient (Wildman–Crippen LogP) is 2.92. The molecule has 2 aromatic heterocycles. The Morgan fingerprint density at radius 3 is 2.94 bits per heavy atom. The number of nitrogens with one attached hydrogen (secondary N) is 1. The average molecular weight is 329 g/mol. The van der Waals surface area contributed by atoms with Crippen molar-refractivity contribution in [2.24, 2.45) is 7.05 Å². The minimum absolute atomic E-state index is 0.309. The summed E-state index contributed by atoms with van der Waals surface area (Å²) in [4.78, 5) is 5.63. The van der Waals surface area contributed by atoms with Gasteiger partial charge in [-0.2, -0.15) is 5.10 Å². The van der Waals surface area contributed by atoms with Crippen LogP contribution >= 0.6 is 27.3 Å². The van der Waals surface area contributed by atoms with Crippen molar-refractivity contribution in [3.05, 3.63) is 32.9 Å². The smallest absolute Gasteiger partial charge is 0.138 e. The topological polar surface area (TPSA) is 42.7 Å². The zero-order valence-corrected chi connectivity index (χ0v) is 13.0. The Hall–Kier alpha value is -0.720. The van der Waals surface area contributed by atoms with E-state index in [1.54, 1.807) is 17.7 Å². The highest BCUT2D eigenvalue weighted by atomic mass is 79.9. The molecule has 2 aromatic rings. The first-order valence-corrected chi connectivity index (χ1v) is 7.68. The van der Waals surface area contributed by atoms with Gasteiger partial charge in [0, 0.05) is 34.2 Å². The lowest BCUT2D eigenvalue weighted by molar-refractivity contribution is 0.513. The normalized spacial score (nSPS) is 12.8. The highest BCUT2D eigenvalue weighted by Gasteiger charge is 2.16. The summed E-state index contributed by atoms with van der Waals surface area (Å²) in [6.07, 6.45) is 3.60. The lowest BCUT2D eigenvalue weighted by atomic mass is 10.1. The van der Waals surface area contributed by atoms with Gasteiger partial charge in [0.2, 0.25) is 0 Å². The second kappa shape index (κ2) is 6.45. The Labute approximate surface area is 120 Å². The van der Waals surface area contributed by atoms with E-state index in [4.69, 9.17) is 0 Å². The van der Waals surface area contributed by atoms with Gasteiger partial charge in [0.1, 0.15) is 12.2 Å². The first-order chi connectivity index (χ1) is 8.70. The largest absolute Gasteiger partial charge is 0.309 e. The van der Waals surface area contributed by atoms with Gasteiger partial charge < -0.3 is 5.32 Å². The van der Waals surface area contributed by atoms with Crippen molar-refractivity contribution in [3.63, 3.8) is 0 Å². The first-order valence-electron chi connectivity index (χ1n) is 6.01. The number of aromatic nitrogens is 3. The van der Waals surface area contributed by atoms with Crippen molar-refractivity contribution < 1.29 is 0 Å². The fraction of sp³-hybridized carbons (Fsp3) is 0.500. The zero-order chi connectivity index (χ0) is 13.0. The van der Waals surface area contributed by atoms with Crippen molar-refractivity contribution in [3.8, 4) is 0 Å². The molecule has 18 heavy (non-hydrogen) atoms. The summed E-state index contributed by atoms with van der Waals surface area (Å²) in [5, 5.41) is 9.81. The molecule has 2 rings (SSSR count). The van der Waals surface area contributed by atoms with Crippen LogP contribution in [0.25, 0.3) is 0 Å². The molecule has 0 saturated carbocycles. The number of hydrogen-bond acceptors (Lipinski definition) is 4. The Morgan fingerprint density at radius 1 is 1.56 bits per heavy atom. The maximum Gasteiger partial charge on any atom is 0.138 e. The van der Waals surface area contributed by atoms with Crippen LogP contribution in [-0.4, -0.2) is 21.3 Å². The summed E-state index contributed by atoms with van der Waals surface area (Å²) in [5.41, 5.74) is 0. The highest BCUT2D eigenvalue weighted by Crippen LogP contribution is 2.27. The summed E-state index contributed by atoms with van der Waals surface area (Å²) >= 11 is 5.28. The Bertz CT molecular complexity index is 494. The highest BCUT2D eigenvalue weighted by molar-refractivity contribution is 9.10. The van der Waals surface area contributed by atoms with E-state index in [-0.39, 0.29) is 0 Å². The minimum Gasteiger partial charge on any atom is -0.309 e.